The van der Waals surface area contributed by atoms with Crippen molar-refractivity contribution in [3.8, 4) is 5.75 Å². The van der Waals surface area contributed by atoms with Crippen molar-refractivity contribution in [1.29, 1.82) is 0 Å². The summed E-state index contributed by atoms with van der Waals surface area (Å²) in [7, 11) is 6.23. The smallest absolute Gasteiger partial charge is 0.119 e. The lowest BCUT2D eigenvalue weighted by Crippen LogP contribution is -2.21. The second-order valence-corrected chi connectivity index (χ2v) is 6.85. The van der Waals surface area contributed by atoms with Crippen molar-refractivity contribution in [3.05, 3.63) is 76.2 Å². The zero-order chi connectivity index (χ0) is 20.2. The Kier molecular flexibility index (Phi) is 8.92. The number of hydrogen-bond acceptors (Lipinski definition) is 4. The van der Waals surface area contributed by atoms with E-state index in [2.05, 4.69) is 75.4 Å². The highest BCUT2D eigenvalue weighted by atomic mass is 16.5. The summed E-state index contributed by atoms with van der Waals surface area (Å²) >= 11 is 0. The molecule has 0 saturated heterocycles. The van der Waals surface area contributed by atoms with Crippen molar-refractivity contribution in [2.24, 2.45) is 5.11 Å². The molecule has 2 rings (SSSR count). The molecule has 0 saturated carbocycles. The number of anilines is 1. The molecule has 0 aromatic heterocycles. The van der Waals surface area contributed by atoms with E-state index in [1.54, 1.807) is 0 Å². The molecule has 2 aromatic carbocycles. The highest BCUT2D eigenvalue weighted by Gasteiger charge is 2.00. The Hall–Kier alpha value is -2.95. The fraction of sp³-hybridized carbons (Fsp3) is 0.364. The molecule has 0 fully saturated rings. The summed E-state index contributed by atoms with van der Waals surface area (Å²) in [6.45, 7) is 2.64. The summed E-state index contributed by atoms with van der Waals surface area (Å²) in [6.07, 6.45) is 5.35. The molecule has 2 aromatic rings. The molecule has 0 N–H and O–H groups in total. The minimum Gasteiger partial charge on any atom is -0.493 e. The largest absolute Gasteiger partial charge is 0.493 e. The number of likely N-dealkylation sites (N-methyl/N-ethyl adjacent to an activating group) is 1. The van der Waals surface area contributed by atoms with Gasteiger partial charge in [-0.05, 0) is 54.4 Å². The topological polar surface area (TPSA) is 64.5 Å². The summed E-state index contributed by atoms with van der Waals surface area (Å²) in [5.74, 6) is 0.800. The zero-order valence-electron chi connectivity index (χ0n) is 17.0. The third kappa shape index (κ3) is 7.74. The number of nitrogens with zero attached hydrogens (tertiary/aromatic N) is 5. The highest BCUT2D eigenvalue weighted by Crippen LogP contribution is 2.14. The van der Waals surface area contributed by atoms with Crippen molar-refractivity contribution in [1.82, 2.24) is 4.90 Å². The first-order chi connectivity index (χ1) is 13.6. The van der Waals surface area contributed by atoms with Gasteiger partial charge in [0.15, 0.2) is 0 Å². The summed E-state index contributed by atoms with van der Waals surface area (Å²) in [5.41, 5.74) is 11.9. The second kappa shape index (κ2) is 11.7. The van der Waals surface area contributed by atoms with Gasteiger partial charge in [-0.25, -0.2) is 0 Å². The van der Waals surface area contributed by atoms with Crippen molar-refractivity contribution < 1.29 is 4.74 Å². The van der Waals surface area contributed by atoms with Crippen LogP contribution in [-0.4, -0.2) is 52.3 Å². The molecule has 28 heavy (non-hydrogen) atoms. The third-order valence-electron chi connectivity index (χ3n) is 4.37. The Balaban J connectivity index is 1.71. The molecule has 0 radical (unpaired) electrons. The maximum Gasteiger partial charge on any atom is 0.119 e. The third-order valence-corrected chi connectivity index (χ3v) is 4.37. The Morgan fingerprint density at radius 3 is 2.39 bits per heavy atom. The van der Waals surface area contributed by atoms with Gasteiger partial charge in [0.05, 0.1) is 13.2 Å². The van der Waals surface area contributed by atoms with Gasteiger partial charge in [-0.1, -0.05) is 41.5 Å². The van der Waals surface area contributed by atoms with Crippen molar-refractivity contribution in [2.75, 3.05) is 52.3 Å². The van der Waals surface area contributed by atoms with E-state index in [9.17, 15) is 0 Å². The van der Waals surface area contributed by atoms with Gasteiger partial charge >= 0.3 is 0 Å². The fourth-order valence-corrected chi connectivity index (χ4v) is 2.66. The van der Waals surface area contributed by atoms with Crippen LogP contribution in [-0.2, 0) is 6.42 Å². The van der Waals surface area contributed by atoms with Gasteiger partial charge in [0.2, 0.25) is 0 Å². The predicted molar refractivity (Wildman–Crippen MR) is 117 cm³/mol. The molecule has 0 bridgehead atoms. The van der Waals surface area contributed by atoms with Crippen molar-refractivity contribution in [3.63, 3.8) is 0 Å². The fourth-order valence-electron chi connectivity index (χ4n) is 2.66. The van der Waals surface area contributed by atoms with E-state index < -0.39 is 0 Å². The summed E-state index contributed by atoms with van der Waals surface area (Å²) in [4.78, 5) is 7.10. The molecule has 6 nitrogen and oxygen atoms in total. The molecule has 0 aliphatic heterocycles. The van der Waals surface area contributed by atoms with Crippen LogP contribution in [0.15, 0.2) is 59.7 Å². The monoisotopic (exact) mass is 379 g/mol. The second-order valence-electron chi connectivity index (χ2n) is 6.85. The average Bonchev–Trinajstić information content (AvgIpc) is 2.71. The SMILES string of the molecule is CN(CC=Cc1ccc(N(C)C)cc1)CCc1ccc(OCCN=[N+]=[N-])cc1. The molecule has 0 heterocycles. The van der Waals surface area contributed by atoms with Crippen LogP contribution in [0.2, 0.25) is 0 Å². The van der Waals surface area contributed by atoms with E-state index in [4.69, 9.17) is 10.3 Å². The standard InChI is InChI=1S/C22H29N5O/c1-26(2)21-10-6-19(7-11-21)5-4-16-27(3)17-14-20-8-12-22(13-9-20)28-18-15-24-25-23/h4-13H,14-18H2,1-3H3. The first-order valence-corrected chi connectivity index (χ1v) is 9.43. The summed E-state index contributed by atoms with van der Waals surface area (Å²) < 4.78 is 5.52. The molecule has 0 spiro atoms. The van der Waals surface area contributed by atoms with E-state index in [0.29, 0.717) is 13.2 Å². The molecule has 0 unspecified atom stereocenters. The van der Waals surface area contributed by atoms with Crippen LogP contribution < -0.4 is 9.64 Å². The summed E-state index contributed by atoms with van der Waals surface area (Å²) in [6, 6.07) is 16.6. The lowest BCUT2D eigenvalue weighted by Gasteiger charge is -2.14. The molecule has 148 valence electrons. The van der Waals surface area contributed by atoms with Crippen LogP contribution in [0, 0.1) is 0 Å². The molecule has 0 aliphatic carbocycles. The normalized spacial score (nSPS) is 10.9. The van der Waals surface area contributed by atoms with Crippen molar-refractivity contribution in [2.45, 2.75) is 6.42 Å². The van der Waals surface area contributed by atoms with Gasteiger partial charge in [-0.3, -0.25) is 0 Å². The quantitative estimate of drug-likeness (QED) is 0.247. The number of ether oxygens (including phenoxy) is 1. The predicted octanol–water partition coefficient (Wildman–Crippen LogP) is 4.63. The van der Waals surface area contributed by atoms with E-state index in [1.165, 1.54) is 16.8 Å². The lowest BCUT2D eigenvalue weighted by atomic mass is 10.1. The van der Waals surface area contributed by atoms with Crippen LogP contribution in [0.4, 0.5) is 5.69 Å². The Morgan fingerprint density at radius 2 is 1.75 bits per heavy atom. The minimum absolute atomic E-state index is 0.344. The number of benzene rings is 2. The maximum absolute atomic E-state index is 8.24. The molecular formula is C22H29N5O. The van der Waals surface area contributed by atoms with Gasteiger partial charge in [0.25, 0.3) is 0 Å². The van der Waals surface area contributed by atoms with Crippen molar-refractivity contribution >= 4 is 11.8 Å². The minimum atomic E-state index is 0.344. The molecule has 6 heteroatoms. The number of hydrogen-bond donors (Lipinski definition) is 0. The van der Waals surface area contributed by atoms with Crippen LogP contribution in [0.5, 0.6) is 5.75 Å². The van der Waals surface area contributed by atoms with E-state index in [-0.39, 0.29) is 0 Å². The Labute approximate surface area is 167 Å². The van der Waals surface area contributed by atoms with Crippen LogP contribution in [0.1, 0.15) is 11.1 Å². The lowest BCUT2D eigenvalue weighted by molar-refractivity contribution is 0.328. The van der Waals surface area contributed by atoms with Crippen LogP contribution in [0.3, 0.4) is 0 Å². The Bertz CT molecular complexity index is 778. The first-order valence-electron chi connectivity index (χ1n) is 9.43. The van der Waals surface area contributed by atoms with Gasteiger partial charge in [0, 0.05) is 37.8 Å². The van der Waals surface area contributed by atoms with Gasteiger partial charge < -0.3 is 14.5 Å². The maximum atomic E-state index is 8.24. The van der Waals surface area contributed by atoms with E-state index in [1.807, 2.05) is 26.2 Å². The van der Waals surface area contributed by atoms with E-state index >= 15 is 0 Å². The molecule has 0 aliphatic rings. The molecular weight excluding hydrogens is 350 g/mol. The van der Waals surface area contributed by atoms with E-state index in [0.717, 1.165) is 25.3 Å². The number of azide groups is 1. The van der Waals surface area contributed by atoms with Gasteiger partial charge in [0.1, 0.15) is 5.75 Å². The number of rotatable bonds is 11. The van der Waals surface area contributed by atoms with Gasteiger partial charge in [-0.15, -0.1) is 0 Å². The zero-order valence-corrected chi connectivity index (χ0v) is 17.0. The highest BCUT2D eigenvalue weighted by molar-refractivity contribution is 5.55. The van der Waals surface area contributed by atoms with Crippen LogP contribution >= 0.6 is 0 Å². The van der Waals surface area contributed by atoms with Crippen LogP contribution in [0.25, 0.3) is 16.5 Å². The molecule has 0 amide bonds. The van der Waals surface area contributed by atoms with Gasteiger partial charge in [-0.2, -0.15) is 0 Å². The molecule has 0 atom stereocenters. The Morgan fingerprint density at radius 1 is 1.04 bits per heavy atom. The average molecular weight is 380 g/mol. The first kappa shape index (κ1) is 21.4. The summed E-state index contributed by atoms with van der Waals surface area (Å²) in [5, 5.41) is 3.45.